The summed E-state index contributed by atoms with van der Waals surface area (Å²) in [4.78, 5) is 0. The summed E-state index contributed by atoms with van der Waals surface area (Å²) in [6.45, 7) is 10.2. The van der Waals surface area contributed by atoms with Crippen LogP contribution in [0, 0.1) is 0 Å². The highest BCUT2D eigenvalue weighted by molar-refractivity contribution is 5.41. The van der Waals surface area contributed by atoms with E-state index in [9.17, 15) is 10.2 Å². The van der Waals surface area contributed by atoms with Crippen molar-refractivity contribution in [2.75, 3.05) is 0 Å². The number of aromatic hydroxyl groups is 2. The van der Waals surface area contributed by atoms with E-state index in [1.165, 1.54) is 0 Å². The molecule has 2 aromatic rings. The van der Waals surface area contributed by atoms with Gasteiger partial charge in [0.25, 0.3) is 0 Å². The maximum absolute atomic E-state index is 9.30. The summed E-state index contributed by atoms with van der Waals surface area (Å²) in [6.07, 6.45) is 0. The fourth-order valence-electron chi connectivity index (χ4n) is 1.92. The Bertz CT molecular complexity index is 462. The van der Waals surface area contributed by atoms with E-state index in [4.69, 9.17) is 0 Å². The van der Waals surface area contributed by atoms with E-state index >= 15 is 0 Å². The van der Waals surface area contributed by atoms with Crippen molar-refractivity contribution in [3.63, 3.8) is 0 Å². The minimum atomic E-state index is -0.151. The van der Waals surface area contributed by atoms with Crippen molar-refractivity contribution in [2.45, 2.75) is 19.3 Å². The lowest BCUT2D eigenvalue weighted by molar-refractivity contribution is 0.474. The fraction of sp³-hybridized carbons (Fsp3) is 0.176. The third kappa shape index (κ3) is 3.38. The summed E-state index contributed by atoms with van der Waals surface area (Å²) < 4.78 is 0. The zero-order chi connectivity index (χ0) is 14.5. The lowest BCUT2D eigenvalue weighted by Crippen LogP contribution is -2.18. The molecule has 0 amide bonds. The molecule has 2 N–H and O–H groups in total. The van der Waals surface area contributed by atoms with Crippen LogP contribution in [0.4, 0.5) is 0 Å². The fourth-order valence-corrected chi connectivity index (χ4v) is 1.92. The Morgan fingerprint density at radius 2 is 0.947 bits per heavy atom. The summed E-state index contributed by atoms with van der Waals surface area (Å²) >= 11 is 0. The molecule has 0 atom stereocenters. The molecule has 0 spiro atoms. The highest BCUT2D eigenvalue weighted by Gasteiger charge is 2.22. The van der Waals surface area contributed by atoms with Crippen molar-refractivity contribution in [1.29, 1.82) is 0 Å². The summed E-state index contributed by atoms with van der Waals surface area (Å²) in [5.41, 5.74) is 2.10. The summed E-state index contributed by atoms with van der Waals surface area (Å²) in [5.74, 6) is 0.547. The Balaban J connectivity index is 0.000000861. The maximum Gasteiger partial charge on any atom is 0.115 e. The first-order valence-electron chi connectivity index (χ1n) is 6.09. The molecule has 0 saturated carbocycles. The average Bonchev–Trinajstić information content (AvgIpc) is 2.42. The molecule has 2 nitrogen and oxygen atoms in total. The van der Waals surface area contributed by atoms with Gasteiger partial charge in [0.05, 0.1) is 0 Å². The number of hydrogen-bond donors (Lipinski definition) is 2. The predicted octanol–water partition coefficient (Wildman–Crippen LogP) is 4.23. The minimum Gasteiger partial charge on any atom is -0.508 e. The minimum absolute atomic E-state index is 0.151. The third-order valence-corrected chi connectivity index (χ3v) is 3.18. The van der Waals surface area contributed by atoms with Gasteiger partial charge in [-0.3, -0.25) is 0 Å². The Morgan fingerprint density at radius 1 is 0.684 bits per heavy atom. The lowest BCUT2D eigenvalue weighted by Gasteiger charge is -2.26. The van der Waals surface area contributed by atoms with Gasteiger partial charge < -0.3 is 10.2 Å². The molecule has 2 aromatic carbocycles. The van der Waals surface area contributed by atoms with Crippen molar-refractivity contribution in [3.8, 4) is 11.5 Å². The monoisotopic (exact) mass is 256 g/mol. The SMILES string of the molecule is C=C.CC(C)(c1ccc(O)cc1)c1ccc(O)cc1. The molecule has 0 bridgehead atoms. The van der Waals surface area contributed by atoms with E-state index < -0.39 is 0 Å². The zero-order valence-electron chi connectivity index (χ0n) is 11.4. The van der Waals surface area contributed by atoms with Gasteiger partial charge in [-0.05, 0) is 35.4 Å². The van der Waals surface area contributed by atoms with Crippen LogP contribution in [0.1, 0.15) is 25.0 Å². The molecule has 2 rings (SSSR count). The van der Waals surface area contributed by atoms with Crippen LogP contribution in [0.2, 0.25) is 0 Å². The molecule has 19 heavy (non-hydrogen) atoms. The van der Waals surface area contributed by atoms with Gasteiger partial charge in [0, 0.05) is 5.41 Å². The van der Waals surface area contributed by atoms with Gasteiger partial charge in [-0.1, -0.05) is 38.1 Å². The van der Waals surface area contributed by atoms with E-state index in [2.05, 4.69) is 27.0 Å². The molecule has 0 radical (unpaired) electrons. The molecule has 0 aliphatic heterocycles. The van der Waals surface area contributed by atoms with Crippen LogP contribution in [0.5, 0.6) is 11.5 Å². The molecule has 0 unspecified atom stereocenters. The van der Waals surface area contributed by atoms with Crippen LogP contribution in [0.15, 0.2) is 61.7 Å². The van der Waals surface area contributed by atoms with Gasteiger partial charge in [-0.2, -0.15) is 0 Å². The van der Waals surface area contributed by atoms with Crippen molar-refractivity contribution in [3.05, 3.63) is 72.8 Å². The number of phenolic OH excluding ortho intramolecular Hbond substituents is 2. The van der Waals surface area contributed by atoms with Crippen LogP contribution < -0.4 is 0 Å². The van der Waals surface area contributed by atoms with Crippen molar-refractivity contribution < 1.29 is 10.2 Å². The van der Waals surface area contributed by atoms with Crippen molar-refractivity contribution in [1.82, 2.24) is 0 Å². The number of hydrogen-bond acceptors (Lipinski definition) is 2. The zero-order valence-corrected chi connectivity index (χ0v) is 11.4. The first-order valence-corrected chi connectivity index (χ1v) is 6.09. The number of phenols is 2. The van der Waals surface area contributed by atoms with Gasteiger partial charge in [-0.15, -0.1) is 13.2 Å². The van der Waals surface area contributed by atoms with Crippen LogP contribution in [0.3, 0.4) is 0 Å². The van der Waals surface area contributed by atoms with E-state index in [1.807, 2.05) is 24.3 Å². The van der Waals surface area contributed by atoms with E-state index in [1.54, 1.807) is 24.3 Å². The molecular formula is C17H20O2. The van der Waals surface area contributed by atoms with Crippen LogP contribution in [-0.2, 0) is 5.41 Å². The van der Waals surface area contributed by atoms with Gasteiger partial charge in [0.15, 0.2) is 0 Å². The van der Waals surface area contributed by atoms with Gasteiger partial charge >= 0.3 is 0 Å². The normalized spacial score (nSPS) is 10.4. The maximum atomic E-state index is 9.30. The highest BCUT2D eigenvalue weighted by atomic mass is 16.3. The van der Waals surface area contributed by atoms with Crippen LogP contribution in [-0.4, -0.2) is 10.2 Å². The standard InChI is InChI=1S/C15H16O2.C2H4/c1-15(2,11-3-7-13(16)8-4-11)12-5-9-14(17)10-6-12;1-2/h3-10,16-17H,1-2H3;1-2H2. The predicted molar refractivity (Wildman–Crippen MR) is 79.6 cm³/mol. The summed E-state index contributed by atoms with van der Waals surface area (Å²) in [6, 6.07) is 14.4. The van der Waals surface area contributed by atoms with Crippen molar-refractivity contribution >= 4 is 0 Å². The van der Waals surface area contributed by atoms with E-state index in [0.717, 1.165) is 11.1 Å². The van der Waals surface area contributed by atoms with Gasteiger partial charge in [-0.25, -0.2) is 0 Å². The lowest BCUT2D eigenvalue weighted by atomic mass is 9.78. The Morgan fingerprint density at radius 3 is 1.21 bits per heavy atom. The molecule has 0 fully saturated rings. The largest absolute Gasteiger partial charge is 0.508 e. The molecule has 0 heterocycles. The van der Waals surface area contributed by atoms with E-state index in [0.29, 0.717) is 0 Å². The third-order valence-electron chi connectivity index (χ3n) is 3.18. The Labute approximate surface area is 114 Å². The van der Waals surface area contributed by atoms with Gasteiger partial charge in [0.1, 0.15) is 11.5 Å². The summed E-state index contributed by atoms with van der Waals surface area (Å²) in [5, 5.41) is 18.6. The smallest absolute Gasteiger partial charge is 0.115 e. The first-order chi connectivity index (χ1) is 9.00. The molecular weight excluding hydrogens is 236 g/mol. The Kier molecular flexibility index (Phi) is 4.76. The van der Waals surface area contributed by atoms with Crippen LogP contribution in [0.25, 0.3) is 0 Å². The topological polar surface area (TPSA) is 40.5 Å². The molecule has 0 saturated heterocycles. The molecule has 0 aliphatic rings. The second-order valence-electron chi connectivity index (χ2n) is 4.72. The molecule has 2 heteroatoms. The van der Waals surface area contributed by atoms with Crippen LogP contribution >= 0.6 is 0 Å². The second kappa shape index (κ2) is 6.10. The molecule has 0 aromatic heterocycles. The van der Waals surface area contributed by atoms with E-state index in [-0.39, 0.29) is 16.9 Å². The first kappa shape index (κ1) is 14.8. The number of rotatable bonds is 2. The quantitative estimate of drug-likeness (QED) is 0.789. The average molecular weight is 256 g/mol. The van der Waals surface area contributed by atoms with Crippen molar-refractivity contribution in [2.24, 2.45) is 0 Å². The highest BCUT2D eigenvalue weighted by Crippen LogP contribution is 2.32. The number of benzene rings is 2. The Hall–Kier alpha value is -2.22. The van der Waals surface area contributed by atoms with Gasteiger partial charge in [0.2, 0.25) is 0 Å². The molecule has 0 aliphatic carbocycles. The second-order valence-corrected chi connectivity index (χ2v) is 4.72. The molecule has 100 valence electrons. The summed E-state index contributed by atoms with van der Waals surface area (Å²) in [7, 11) is 0.